The van der Waals surface area contributed by atoms with E-state index in [1.54, 1.807) is 11.3 Å². The number of aryl methyl sites for hydroxylation is 1. The Morgan fingerprint density at radius 2 is 2.17 bits per heavy atom. The molecule has 1 aliphatic heterocycles. The lowest BCUT2D eigenvalue weighted by Crippen LogP contribution is -2.44. The molecular formula is C17H29N5S. The van der Waals surface area contributed by atoms with Crippen LogP contribution in [0.4, 0.5) is 0 Å². The van der Waals surface area contributed by atoms with Gasteiger partial charge in [-0.05, 0) is 32.1 Å². The molecule has 2 heterocycles. The first kappa shape index (κ1) is 16.7. The van der Waals surface area contributed by atoms with E-state index < -0.39 is 0 Å². The van der Waals surface area contributed by atoms with Gasteiger partial charge in [0.1, 0.15) is 5.01 Å². The fourth-order valence-corrected chi connectivity index (χ4v) is 4.33. The van der Waals surface area contributed by atoms with Gasteiger partial charge in [-0.1, -0.05) is 13.8 Å². The van der Waals surface area contributed by atoms with E-state index in [-0.39, 0.29) is 0 Å². The molecule has 0 amide bonds. The molecule has 1 aromatic heterocycles. The van der Waals surface area contributed by atoms with Crippen LogP contribution in [0.25, 0.3) is 0 Å². The van der Waals surface area contributed by atoms with Crippen LogP contribution in [0.1, 0.15) is 54.6 Å². The van der Waals surface area contributed by atoms with Gasteiger partial charge in [0.05, 0.1) is 12.2 Å². The smallest absolute Gasteiger partial charge is 0.191 e. The minimum absolute atomic E-state index is 0.490. The first-order chi connectivity index (χ1) is 11.1. The summed E-state index contributed by atoms with van der Waals surface area (Å²) in [7, 11) is 1.84. The molecule has 2 fully saturated rings. The summed E-state index contributed by atoms with van der Waals surface area (Å²) < 4.78 is 0. The van der Waals surface area contributed by atoms with E-state index in [4.69, 9.17) is 4.98 Å². The number of hydrogen-bond donors (Lipinski definition) is 2. The molecule has 0 radical (unpaired) electrons. The molecule has 1 atom stereocenters. The standard InChI is InChI=1S/C17H29N5S/c1-11(2)16-12(3)23-15(21-16)9-19-17(18-4)20-13-7-8-22(10-13)14-5-6-14/h11,13-14H,5-10H2,1-4H3,(H2,18,19,20). The predicted molar refractivity (Wildman–Crippen MR) is 97.3 cm³/mol. The van der Waals surface area contributed by atoms with Crippen molar-refractivity contribution in [2.75, 3.05) is 20.1 Å². The van der Waals surface area contributed by atoms with Crippen LogP contribution in [0.15, 0.2) is 4.99 Å². The number of hydrogen-bond acceptors (Lipinski definition) is 4. The number of likely N-dealkylation sites (tertiary alicyclic amines) is 1. The van der Waals surface area contributed by atoms with Crippen LogP contribution in [-0.4, -0.2) is 48.1 Å². The summed E-state index contributed by atoms with van der Waals surface area (Å²) in [4.78, 5) is 13.1. The molecule has 128 valence electrons. The van der Waals surface area contributed by atoms with E-state index in [0.717, 1.165) is 30.1 Å². The molecular weight excluding hydrogens is 306 g/mol. The van der Waals surface area contributed by atoms with Crippen molar-refractivity contribution in [1.82, 2.24) is 20.5 Å². The molecule has 2 aliphatic rings. The van der Waals surface area contributed by atoms with Gasteiger partial charge in [0, 0.05) is 37.1 Å². The minimum atomic E-state index is 0.490. The monoisotopic (exact) mass is 335 g/mol. The van der Waals surface area contributed by atoms with Crippen molar-refractivity contribution in [3.05, 3.63) is 15.6 Å². The van der Waals surface area contributed by atoms with Crippen LogP contribution in [0.2, 0.25) is 0 Å². The van der Waals surface area contributed by atoms with E-state index in [2.05, 4.69) is 41.3 Å². The zero-order valence-electron chi connectivity index (χ0n) is 14.7. The third-order valence-corrected chi connectivity index (χ3v) is 5.66. The molecule has 1 aliphatic carbocycles. The van der Waals surface area contributed by atoms with Gasteiger partial charge in [0.25, 0.3) is 0 Å². The molecule has 0 bridgehead atoms. The van der Waals surface area contributed by atoms with Crippen molar-refractivity contribution in [3.8, 4) is 0 Å². The summed E-state index contributed by atoms with van der Waals surface area (Å²) >= 11 is 1.79. The van der Waals surface area contributed by atoms with Gasteiger partial charge in [-0.3, -0.25) is 9.89 Å². The van der Waals surface area contributed by atoms with Crippen molar-refractivity contribution in [1.29, 1.82) is 0 Å². The minimum Gasteiger partial charge on any atom is -0.352 e. The number of aromatic nitrogens is 1. The van der Waals surface area contributed by atoms with Crippen molar-refractivity contribution in [3.63, 3.8) is 0 Å². The molecule has 0 spiro atoms. The molecule has 5 nitrogen and oxygen atoms in total. The summed E-state index contributed by atoms with van der Waals surface area (Å²) in [5.41, 5.74) is 1.23. The van der Waals surface area contributed by atoms with E-state index >= 15 is 0 Å². The van der Waals surface area contributed by atoms with Gasteiger partial charge in [0.2, 0.25) is 0 Å². The van der Waals surface area contributed by atoms with Crippen LogP contribution in [-0.2, 0) is 6.54 Å². The van der Waals surface area contributed by atoms with Gasteiger partial charge in [-0.2, -0.15) is 0 Å². The molecule has 1 unspecified atom stereocenters. The van der Waals surface area contributed by atoms with Crippen LogP contribution in [0.5, 0.6) is 0 Å². The maximum Gasteiger partial charge on any atom is 0.191 e. The number of guanidine groups is 1. The third-order valence-electron chi connectivity index (χ3n) is 4.68. The van der Waals surface area contributed by atoms with Gasteiger partial charge >= 0.3 is 0 Å². The third kappa shape index (κ3) is 4.23. The summed E-state index contributed by atoms with van der Waals surface area (Å²) in [5, 5.41) is 8.13. The van der Waals surface area contributed by atoms with Gasteiger partial charge < -0.3 is 10.6 Å². The SMILES string of the molecule is CN=C(NCc1nc(C(C)C)c(C)s1)NC1CCN(C2CC2)C1. The Balaban J connectivity index is 1.49. The van der Waals surface area contributed by atoms with Crippen LogP contribution in [0, 0.1) is 6.92 Å². The highest BCUT2D eigenvalue weighted by Gasteiger charge is 2.34. The Morgan fingerprint density at radius 1 is 1.39 bits per heavy atom. The Labute approximate surface area is 143 Å². The van der Waals surface area contributed by atoms with Crippen molar-refractivity contribution < 1.29 is 0 Å². The maximum atomic E-state index is 4.76. The highest BCUT2D eigenvalue weighted by Crippen LogP contribution is 2.29. The van der Waals surface area contributed by atoms with E-state index in [1.165, 1.54) is 36.4 Å². The van der Waals surface area contributed by atoms with Crippen molar-refractivity contribution in [2.45, 2.75) is 64.6 Å². The molecule has 23 heavy (non-hydrogen) atoms. The normalized spacial score (nSPS) is 22.8. The summed E-state index contributed by atoms with van der Waals surface area (Å²) in [5.74, 6) is 1.39. The lowest BCUT2D eigenvalue weighted by molar-refractivity contribution is 0.321. The summed E-state index contributed by atoms with van der Waals surface area (Å²) in [6.07, 6.45) is 3.99. The van der Waals surface area contributed by atoms with Gasteiger partial charge in [-0.25, -0.2) is 4.98 Å². The van der Waals surface area contributed by atoms with Crippen LogP contribution in [0.3, 0.4) is 0 Å². The fourth-order valence-electron chi connectivity index (χ4n) is 3.30. The number of thiazole rings is 1. The van der Waals surface area contributed by atoms with Crippen molar-refractivity contribution >= 4 is 17.3 Å². The molecule has 1 saturated heterocycles. The average Bonchev–Trinajstić information content (AvgIpc) is 3.15. The number of aliphatic imine (C=N–C) groups is 1. The highest BCUT2D eigenvalue weighted by atomic mass is 32.1. The van der Waals surface area contributed by atoms with Gasteiger partial charge in [0.15, 0.2) is 5.96 Å². The quantitative estimate of drug-likeness (QED) is 0.641. The Hall–Kier alpha value is -1.14. The number of nitrogens with one attached hydrogen (secondary N) is 2. The van der Waals surface area contributed by atoms with Crippen molar-refractivity contribution in [2.24, 2.45) is 4.99 Å². The second kappa shape index (κ2) is 7.18. The zero-order valence-corrected chi connectivity index (χ0v) is 15.5. The Kier molecular flexibility index (Phi) is 5.21. The molecule has 6 heteroatoms. The Morgan fingerprint density at radius 3 is 2.78 bits per heavy atom. The molecule has 2 N–H and O–H groups in total. The maximum absolute atomic E-state index is 4.76. The molecule has 1 aromatic rings. The molecule has 3 rings (SSSR count). The fraction of sp³-hybridized carbons (Fsp3) is 0.765. The topological polar surface area (TPSA) is 52.6 Å². The zero-order chi connectivity index (χ0) is 16.4. The van der Waals surface area contributed by atoms with Crippen LogP contribution >= 0.6 is 11.3 Å². The lowest BCUT2D eigenvalue weighted by atomic mass is 10.1. The first-order valence-electron chi connectivity index (χ1n) is 8.74. The second-order valence-electron chi connectivity index (χ2n) is 6.99. The predicted octanol–water partition coefficient (Wildman–Crippen LogP) is 2.48. The van der Waals surface area contributed by atoms with E-state index in [0.29, 0.717) is 12.0 Å². The first-order valence-corrected chi connectivity index (χ1v) is 9.56. The summed E-state index contributed by atoms with van der Waals surface area (Å²) in [6, 6.07) is 1.38. The number of nitrogens with zero attached hydrogens (tertiary/aromatic N) is 3. The second-order valence-corrected chi connectivity index (χ2v) is 8.27. The van der Waals surface area contributed by atoms with Crippen LogP contribution < -0.4 is 10.6 Å². The molecule has 1 saturated carbocycles. The largest absolute Gasteiger partial charge is 0.352 e. The van der Waals surface area contributed by atoms with Gasteiger partial charge in [-0.15, -0.1) is 11.3 Å². The number of rotatable bonds is 5. The van der Waals surface area contributed by atoms with E-state index in [9.17, 15) is 0 Å². The molecule has 0 aromatic carbocycles. The highest BCUT2D eigenvalue weighted by molar-refractivity contribution is 7.11. The summed E-state index contributed by atoms with van der Waals surface area (Å²) in [6.45, 7) is 9.68. The van der Waals surface area contributed by atoms with E-state index in [1.807, 2.05) is 7.05 Å². The average molecular weight is 336 g/mol. The Bertz CT molecular complexity index is 561. The lowest BCUT2D eigenvalue weighted by Gasteiger charge is -2.18.